The van der Waals surface area contributed by atoms with Crippen LogP contribution >= 0.6 is 0 Å². The van der Waals surface area contributed by atoms with Crippen molar-refractivity contribution in [3.05, 3.63) is 62.7 Å². The minimum Gasteiger partial charge on any atom is -0.365 e. The van der Waals surface area contributed by atoms with Gasteiger partial charge in [0, 0.05) is 18.2 Å². The molecule has 1 heterocycles. The van der Waals surface area contributed by atoms with Crippen LogP contribution < -0.4 is 16.6 Å². The molecule has 5 heteroatoms. The molecule has 0 radical (unpaired) electrons. The quantitative estimate of drug-likeness (QED) is 0.909. The minimum absolute atomic E-state index is 0.0695. The molecular formula is C16H19N3O2. The summed E-state index contributed by atoms with van der Waals surface area (Å²) in [5, 5.41) is 2.86. The first-order valence-corrected chi connectivity index (χ1v) is 6.91. The Morgan fingerprint density at radius 3 is 2.62 bits per heavy atom. The molecule has 1 aliphatic carbocycles. The lowest BCUT2D eigenvalue weighted by Gasteiger charge is -2.26. The number of aromatic nitrogens is 2. The average molecular weight is 290 g/mol. The van der Waals surface area contributed by atoms with Gasteiger partial charge in [-0.05, 0) is 31.7 Å². The van der Waals surface area contributed by atoms with Gasteiger partial charge in [-0.25, -0.2) is 4.79 Å². The SMILES string of the molecule is [2H]c1c([2H])c([2H])c([C@H](C)Nc2cc(=O)n(C3CCC3)c(=O)[nH]2)c([2H])c1[2H]. The second-order valence-electron chi connectivity index (χ2n) is 5.19. The van der Waals surface area contributed by atoms with E-state index in [2.05, 4.69) is 10.3 Å². The summed E-state index contributed by atoms with van der Waals surface area (Å²) >= 11 is 0. The Hall–Kier alpha value is -2.30. The van der Waals surface area contributed by atoms with E-state index in [4.69, 9.17) is 6.85 Å². The van der Waals surface area contributed by atoms with Crippen LogP contribution in [0.5, 0.6) is 0 Å². The van der Waals surface area contributed by atoms with Crippen molar-refractivity contribution in [2.24, 2.45) is 0 Å². The van der Waals surface area contributed by atoms with Crippen LogP contribution in [0.2, 0.25) is 0 Å². The molecule has 21 heavy (non-hydrogen) atoms. The summed E-state index contributed by atoms with van der Waals surface area (Å²) in [6.07, 6.45) is 2.59. The molecular weight excluding hydrogens is 266 g/mol. The summed E-state index contributed by atoms with van der Waals surface area (Å²) in [6.45, 7) is 1.60. The molecule has 0 aliphatic heterocycles. The molecule has 5 nitrogen and oxygen atoms in total. The van der Waals surface area contributed by atoms with E-state index in [1.807, 2.05) is 0 Å². The first kappa shape index (κ1) is 8.87. The van der Waals surface area contributed by atoms with Gasteiger partial charge in [0.1, 0.15) is 5.82 Å². The zero-order valence-corrected chi connectivity index (χ0v) is 11.6. The van der Waals surface area contributed by atoms with Gasteiger partial charge >= 0.3 is 5.69 Å². The van der Waals surface area contributed by atoms with Crippen molar-refractivity contribution in [2.75, 3.05) is 5.32 Å². The van der Waals surface area contributed by atoms with E-state index in [0.29, 0.717) is 0 Å². The summed E-state index contributed by atoms with van der Waals surface area (Å²) in [7, 11) is 0. The maximum Gasteiger partial charge on any atom is 0.330 e. The lowest BCUT2D eigenvalue weighted by atomic mass is 9.93. The molecule has 0 unspecified atom stereocenters. The van der Waals surface area contributed by atoms with Gasteiger partial charge in [0.2, 0.25) is 0 Å². The summed E-state index contributed by atoms with van der Waals surface area (Å²) in [4.78, 5) is 27.0. The van der Waals surface area contributed by atoms with Crippen LogP contribution in [0.25, 0.3) is 0 Å². The fraction of sp³-hybridized carbons (Fsp3) is 0.375. The molecule has 3 rings (SSSR count). The van der Waals surface area contributed by atoms with Crippen molar-refractivity contribution >= 4 is 5.82 Å². The molecule has 1 aromatic heterocycles. The molecule has 0 spiro atoms. The highest BCUT2D eigenvalue weighted by Crippen LogP contribution is 2.28. The lowest BCUT2D eigenvalue weighted by molar-refractivity contribution is 0.296. The number of H-pyrrole nitrogens is 1. The van der Waals surface area contributed by atoms with Crippen molar-refractivity contribution in [3.63, 3.8) is 0 Å². The third kappa shape index (κ3) is 2.77. The zero-order chi connectivity index (χ0) is 19.2. The number of nitrogens with one attached hydrogen (secondary N) is 2. The summed E-state index contributed by atoms with van der Waals surface area (Å²) in [6, 6.07) is -1.48. The Bertz CT molecular complexity index is 921. The molecule has 0 bridgehead atoms. The smallest absolute Gasteiger partial charge is 0.330 e. The predicted octanol–water partition coefficient (Wildman–Crippen LogP) is 2.43. The topological polar surface area (TPSA) is 66.9 Å². The minimum atomic E-state index is -0.710. The number of aromatic amines is 1. The van der Waals surface area contributed by atoms with E-state index in [-0.39, 0.29) is 29.5 Å². The normalized spacial score (nSPS) is 19.6. The van der Waals surface area contributed by atoms with Crippen LogP contribution in [0.4, 0.5) is 5.82 Å². The Labute approximate surface area is 129 Å². The van der Waals surface area contributed by atoms with E-state index in [9.17, 15) is 9.59 Å². The number of anilines is 1. The van der Waals surface area contributed by atoms with Crippen LogP contribution in [-0.2, 0) is 0 Å². The number of rotatable bonds is 4. The predicted molar refractivity (Wildman–Crippen MR) is 82.7 cm³/mol. The van der Waals surface area contributed by atoms with Gasteiger partial charge in [-0.3, -0.25) is 14.3 Å². The lowest BCUT2D eigenvalue weighted by Crippen LogP contribution is -2.40. The second-order valence-corrected chi connectivity index (χ2v) is 5.19. The van der Waals surface area contributed by atoms with Gasteiger partial charge in [0.25, 0.3) is 5.56 Å². The van der Waals surface area contributed by atoms with E-state index in [1.165, 1.54) is 10.6 Å². The van der Waals surface area contributed by atoms with Crippen LogP contribution in [-0.4, -0.2) is 9.55 Å². The number of benzene rings is 1. The van der Waals surface area contributed by atoms with Crippen molar-refractivity contribution in [1.82, 2.24) is 9.55 Å². The van der Waals surface area contributed by atoms with Gasteiger partial charge in [0.05, 0.1) is 6.85 Å². The fourth-order valence-corrected chi connectivity index (χ4v) is 2.35. The largest absolute Gasteiger partial charge is 0.365 e. The monoisotopic (exact) mass is 290 g/mol. The van der Waals surface area contributed by atoms with E-state index in [0.717, 1.165) is 19.3 Å². The Kier molecular flexibility index (Phi) is 2.36. The Morgan fingerprint density at radius 1 is 1.33 bits per heavy atom. The maximum atomic E-state index is 12.2. The molecule has 1 aliphatic rings. The molecule has 0 saturated heterocycles. The molecule has 1 aromatic carbocycles. The summed E-state index contributed by atoms with van der Waals surface area (Å²) in [5.41, 5.74) is -0.868. The third-order valence-corrected chi connectivity index (χ3v) is 3.73. The first-order chi connectivity index (χ1) is 12.2. The van der Waals surface area contributed by atoms with Gasteiger partial charge in [-0.15, -0.1) is 0 Å². The molecule has 1 fully saturated rings. The van der Waals surface area contributed by atoms with Crippen molar-refractivity contribution in [3.8, 4) is 0 Å². The number of hydrogen-bond donors (Lipinski definition) is 2. The number of hydrogen-bond acceptors (Lipinski definition) is 3. The highest BCUT2D eigenvalue weighted by molar-refractivity contribution is 5.36. The maximum absolute atomic E-state index is 12.2. The fourth-order valence-electron chi connectivity index (χ4n) is 2.35. The summed E-state index contributed by atoms with van der Waals surface area (Å²) in [5.74, 6) is 0.148. The number of nitrogens with zero attached hydrogens (tertiary/aromatic N) is 1. The Morgan fingerprint density at radius 2 is 2.05 bits per heavy atom. The Balaban J connectivity index is 1.95. The van der Waals surface area contributed by atoms with Crippen molar-refractivity contribution in [1.29, 1.82) is 0 Å². The first-order valence-electron chi connectivity index (χ1n) is 9.41. The van der Waals surface area contributed by atoms with Gasteiger partial charge < -0.3 is 5.32 Å². The molecule has 0 amide bonds. The second kappa shape index (κ2) is 5.60. The molecule has 2 N–H and O–H groups in total. The zero-order valence-electron chi connectivity index (χ0n) is 16.6. The standard InChI is InChI=1S/C16H19N3O2/c1-11(12-6-3-2-4-7-12)17-14-10-15(20)19(16(21)18-14)13-8-5-9-13/h2-4,6-7,10-11,13,17H,5,8-9H2,1H3,(H,18,21)/t11-/m0/s1/i2D,3D,4D,6D,7D. The molecule has 2 aromatic rings. The van der Waals surface area contributed by atoms with Crippen LogP contribution in [0.3, 0.4) is 0 Å². The van der Waals surface area contributed by atoms with Gasteiger partial charge in [-0.2, -0.15) is 0 Å². The summed E-state index contributed by atoms with van der Waals surface area (Å²) < 4.78 is 40.3. The molecule has 110 valence electrons. The molecule has 1 atom stereocenters. The highest BCUT2D eigenvalue weighted by atomic mass is 16.2. The average Bonchev–Trinajstić information content (AvgIpc) is 2.52. The van der Waals surface area contributed by atoms with Crippen molar-refractivity contribution in [2.45, 2.75) is 38.3 Å². The van der Waals surface area contributed by atoms with E-state index in [1.54, 1.807) is 6.92 Å². The van der Waals surface area contributed by atoms with Crippen LogP contribution in [0.15, 0.2) is 45.9 Å². The highest BCUT2D eigenvalue weighted by Gasteiger charge is 2.22. The van der Waals surface area contributed by atoms with Gasteiger partial charge in [-0.1, -0.05) is 30.2 Å². The van der Waals surface area contributed by atoms with E-state index >= 15 is 0 Å². The van der Waals surface area contributed by atoms with E-state index < -0.39 is 35.4 Å². The third-order valence-electron chi connectivity index (χ3n) is 3.73. The van der Waals surface area contributed by atoms with Crippen LogP contribution in [0.1, 0.15) is 50.7 Å². The van der Waals surface area contributed by atoms with Gasteiger partial charge in [0.15, 0.2) is 0 Å². The van der Waals surface area contributed by atoms with Crippen molar-refractivity contribution < 1.29 is 6.85 Å². The molecule has 1 saturated carbocycles. The van der Waals surface area contributed by atoms with Crippen LogP contribution in [0, 0.1) is 0 Å².